The molecule has 4 aromatic rings. The van der Waals surface area contributed by atoms with Gasteiger partial charge in [0, 0.05) is 41.9 Å². The van der Waals surface area contributed by atoms with Crippen LogP contribution in [0.4, 0.5) is 5.82 Å². The summed E-state index contributed by atoms with van der Waals surface area (Å²) in [6.45, 7) is 0.550. The third-order valence-corrected chi connectivity index (χ3v) is 5.98. The zero-order valence-corrected chi connectivity index (χ0v) is 17.9. The number of aromatic nitrogens is 3. The van der Waals surface area contributed by atoms with Gasteiger partial charge < -0.3 is 19.9 Å². The summed E-state index contributed by atoms with van der Waals surface area (Å²) >= 11 is 0. The van der Waals surface area contributed by atoms with Gasteiger partial charge in [0.15, 0.2) is 17.3 Å². The van der Waals surface area contributed by atoms with Crippen LogP contribution < -0.4 is 14.8 Å². The van der Waals surface area contributed by atoms with Gasteiger partial charge in [0.2, 0.25) is 0 Å². The molecule has 32 heavy (non-hydrogen) atoms. The van der Waals surface area contributed by atoms with Gasteiger partial charge >= 0.3 is 0 Å². The number of fused-ring (bicyclic) bond motifs is 2. The second kappa shape index (κ2) is 8.43. The molecule has 5 rings (SSSR count). The number of nitrogens with zero attached hydrogens (tertiary/aromatic N) is 3. The van der Waals surface area contributed by atoms with Gasteiger partial charge in [0.25, 0.3) is 0 Å². The molecule has 0 aliphatic heterocycles. The maximum Gasteiger partial charge on any atom is 0.162 e. The summed E-state index contributed by atoms with van der Waals surface area (Å²) in [5.41, 5.74) is 3.98. The van der Waals surface area contributed by atoms with Crippen molar-refractivity contribution in [3.63, 3.8) is 0 Å². The van der Waals surface area contributed by atoms with Crippen LogP contribution in [0.15, 0.2) is 60.9 Å². The minimum Gasteiger partial charge on any atom is -0.493 e. The molecule has 0 fully saturated rings. The Labute approximate surface area is 186 Å². The fraction of sp³-hybridized carbons (Fsp3) is 0.240. The number of nitrogens with one attached hydrogen (secondary N) is 1. The first-order valence-corrected chi connectivity index (χ1v) is 10.5. The Balaban J connectivity index is 1.57. The van der Waals surface area contributed by atoms with Gasteiger partial charge in [0.1, 0.15) is 5.82 Å². The van der Waals surface area contributed by atoms with Crippen molar-refractivity contribution in [2.45, 2.75) is 18.4 Å². The van der Waals surface area contributed by atoms with Crippen molar-refractivity contribution in [1.29, 1.82) is 0 Å². The lowest BCUT2D eigenvalue weighted by Gasteiger charge is -2.19. The zero-order valence-electron chi connectivity index (χ0n) is 17.9. The minimum absolute atomic E-state index is 0.0132. The average molecular weight is 428 g/mol. The van der Waals surface area contributed by atoms with E-state index in [1.165, 1.54) is 11.1 Å². The van der Waals surface area contributed by atoms with Crippen molar-refractivity contribution in [2.75, 3.05) is 26.1 Å². The number of pyridine rings is 1. The number of aliphatic hydroxyl groups excluding tert-OH is 1. The lowest BCUT2D eigenvalue weighted by molar-refractivity contribution is 0.160. The molecule has 0 spiro atoms. The lowest BCUT2D eigenvalue weighted by Crippen LogP contribution is -2.22. The van der Waals surface area contributed by atoms with E-state index in [2.05, 4.69) is 22.4 Å². The maximum atomic E-state index is 10.7. The molecule has 0 saturated heterocycles. The van der Waals surface area contributed by atoms with Gasteiger partial charge in [-0.25, -0.2) is 9.97 Å². The highest BCUT2D eigenvalue weighted by molar-refractivity contribution is 5.93. The molecule has 1 aliphatic rings. The van der Waals surface area contributed by atoms with E-state index < -0.39 is 6.10 Å². The molecule has 0 radical (unpaired) electrons. The van der Waals surface area contributed by atoms with Gasteiger partial charge in [-0.15, -0.1) is 0 Å². The van der Waals surface area contributed by atoms with Crippen molar-refractivity contribution in [2.24, 2.45) is 0 Å². The Morgan fingerprint density at radius 1 is 1.00 bits per heavy atom. The van der Waals surface area contributed by atoms with Crippen LogP contribution in [0.5, 0.6) is 11.5 Å². The smallest absolute Gasteiger partial charge is 0.162 e. The van der Waals surface area contributed by atoms with Gasteiger partial charge in [-0.3, -0.25) is 4.98 Å². The molecule has 0 bridgehead atoms. The largest absolute Gasteiger partial charge is 0.493 e. The van der Waals surface area contributed by atoms with Crippen LogP contribution in [0.25, 0.3) is 22.3 Å². The third-order valence-electron chi connectivity index (χ3n) is 5.98. The fourth-order valence-electron chi connectivity index (χ4n) is 4.33. The molecular weight excluding hydrogens is 404 g/mol. The average Bonchev–Trinajstić information content (AvgIpc) is 3.16. The van der Waals surface area contributed by atoms with Crippen molar-refractivity contribution < 1.29 is 14.6 Å². The molecule has 2 aromatic heterocycles. The van der Waals surface area contributed by atoms with Crippen LogP contribution >= 0.6 is 0 Å². The minimum atomic E-state index is -0.428. The molecular formula is C25H24N4O3. The summed E-state index contributed by atoms with van der Waals surface area (Å²) in [6, 6.07) is 15.7. The van der Waals surface area contributed by atoms with Crippen LogP contribution in [0, 0.1) is 0 Å². The normalized spacial score (nSPS) is 17.2. The van der Waals surface area contributed by atoms with Crippen LogP contribution in [0.3, 0.4) is 0 Å². The number of hydrogen-bond acceptors (Lipinski definition) is 7. The van der Waals surface area contributed by atoms with E-state index in [9.17, 15) is 5.11 Å². The van der Waals surface area contributed by atoms with E-state index in [0.717, 1.165) is 16.5 Å². The van der Waals surface area contributed by atoms with Gasteiger partial charge in [-0.1, -0.05) is 24.3 Å². The quantitative estimate of drug-likeness (QED) is 0.483. The Morgan fingerprint density at radius 2 is 1.75 bits per heavy atom. The van der Waals surface area contributed by atoms with E-state index in [1.807, 2.05) is 36.4 Å². The fourth-order valence-corrected chi connectivity index (χ4v) is 4.33. The second-order valence-corrected chi connectivity index (χ2v) is 7.81. The van der Waals surface area contributed by atoms with Crippen molar-refractivity contribution in [3.8, 4) is 22.9 Å². The highest BCUT2D eigenvalue weighted by atomic mass is 16.5. The molecule has 162 valence electrons. The summed E-state index contributed by atoms with van der Waals surface area (Å²) < 4.78 is 11.0. The SMILES string of the molecule is COc1cc2nc(-c3ccncc3)nc(NCC3c4ccccc4C[C@H]3O)c2cc1OC. The number of benzene rings is 2. The zero-order chi connectivity index (χ0) is 22.1. The molecule has 2 aromatic carbocycles. The van der Waals surface area contributed by atoms with Crippen molar-refractivity contribution >= 4 is 16.7 Å². The second-order valence-electron chi connectivity index (χ2n) is 7.81. The molecule has 7 heteroatoms. The summed E-state index contributed by atoms with van der Waals surface area (Å²) in [4.78, 5) is 13.7. The summed E-state index contributed by atoms with van der Waals surface area (Å²) in [5, 5.41) is 15.0. The first kappa shape index (κ1) is 20.2. The highest BCUT2D eigenvalue weighted by Gasteiger charge is 2.30. The van der Waals surface area contributed by atoms with Crippen LogP contribution in [-0.4, -0.2) is 46.9 Å². The molecule has 0 amide bonds. The standard InChI is InChI=1S/C25H24N4O3/c1-31-22-12-18-20(13-23(22)32-2)28-24(15-7-9-26-10-8-15)29-25(18)27-14-19-17-6-4-3-5-16(17)11-21(19)30/h3-10,12-13,19,21,30H,11,14H2,1-2H3,(H,27,28,29)/t19?,21-/m1/s1. The van der Waals surface area contributed by atoms with E-state index >= 15 is 0 Å². The molecule has 0 saturated carbocycles. The molecule has 1 aliphatic carbocycles. The number of methoxy groups -OCH3 is 2. The van der Waals surface area contributed by atoms with E-state index in [4.69, 9.17) is 19.4 Å². The molecule has 2 N–H and O–H groups in total. The predicted molar refractivity (Wildman–Crippen MR) is 123 cm³/mol. The van der Waals surface area contributed by atoms with Gasteiger partial charge in [-0.05, 0) is 35.7 Å². The first-order valence-electron chi connectivity index (χ1n) is 10.5. The van der Waals surface area contributed by atoms with Crippen LogP contribution in [-0.2, 0) is 6.42 Å². The lowest BCUT2D eigenvalue weighted by atomic mass is 10.00. The van der Waals surface area contributed by atoms with E-state index in [-0.39, 0.29) is 5.92 Å². The van der Waals surface area contributed by atoms with Crippen molar-refractivity contribution in [3.05, 3.63) is 72.1 Å². The molecule has 2 heterocycles. The number of aliphatic hydroxyl groups is 1. The van der Waals surface area contributed by atoms with Crippen LogP contribution in [0.1, 0.15) is 17.0 Å². The first-order chi connectivity index (χ1) is 15.7. The topological polar surface area (TPSA) is 89.4 Å². The monoisotopic (exact) mass is 428 g/mol. The molecule has 1 unspecified atom stereocenters. The van der Waals surface area contributed by atoms with Crippen molar-refractivity contribution in [1.82, 2.24) is 15.0 Å². The number of ether oxygens (including phenoxy) is 2. The Bertz CT molecular complexity index is 1260. The Morgan fingerprint density at radius 3 is 2.53 bits per heavy atom. The maximum absolute atomic E-state index is 10.7. The van der Waals surface area contributed by atoms with Gasteiger partial charge in [-0.2, -0.15) is 0 Å². The summed E-state index contributed by atoms with van der Waals surface area (Å²) in [6.07, 6.45) is 3.68. The number of hydrogen-bond donors (Lipinski definition) is 2. The Kier molecular flexibility index (Phi) is 5.33. The number of anilines is 1. The van der Waals surface area contributed by atoms with E-state index in [0.29, 0.717) is 36.1 Å². The van der Waals surface area contributed by atoms with Crippen LogP contribution in [0.2, 0.25) is 0 Å². The molecule has 7 nitrogen and oxygen atoms in total. The third kappa shape index (κ3) is 3.61. The number of rotatable bonds is 6. The summed E-state index contributed by atoms with van der Waals surface area (Å²) in [5.74, 6) is 2.46. The molecule has 2 atom stereocenters. The summed E-state index contributed by atoms with van der Waals surface area (Å²) in [7, 11) is 3.21. The Hall–Kier alpha value is -3.71. The predicted octanol–water partition coefficient (Wildman–Crippen LogP) is 3.82. The highest BCUT2D eigenvalue weighted by Crippen LogP contribution is 2.37. The van der Waals surface area contributed by atoms with E-state index in [1.54, 1.807) is 26.6 Å². The van der Waals surface area contributed by atoms with Gasteiger partial charge in [0.05, 0.1) is 25.8 Å².